The smallest absolute Gasteiger partial charge is 0.175 e. The van der Waals surface area contributed by atoms with E-state index in [2.05, 4.69) is 28.1 Å². The molecule has 2 aliphatic carbocycles. The number of hydrogen-bond acceptors (Lipinski definition) is 3. The maximum absolute atomic E-state index is 6.20. The van der Waals surface area contributed by atoms with E-state index in [9.17, 15) is 0 Å². The second-order valence-electron chi connectivity index (χ2n) is 6.17. The monoisotopic (exact) mass is 339 g/mol. The van der Waals surface area contributed by atoms with Crippen LogP contribution in [0.4, 0.5) is 0 Å². The summed E-state index contributed by atoms with van der Waals surface area (Å²) in [6.07, 6.45) is 8.28. The van der Waals surface area contributed by atoms with Gasteiger partial charge in [-0.1, -0.05) is 0 Å². The normalized spacial score (nSPS) is 20.9. The lowest BCUT2D eigenvalue weighted by molar-refractivity contribution is 0.199. The van der Waals surface area contributed by atoms with Gasteiger partial charge in [-0.15, -0.1) is 0 Å². The molecule has 2 aliphatic rings. The van der Waals surface area contributed by atoms with E-state index in [1.54, 1.807) is 7.11 Å². The van der Waals surface area contributed by atoms with E-state index in [4.69, 9.17) is 15.2 Å². The van der Waals surface area contributed by atoms with Gasteiger partial charge in [-0.2, -0.15) is 0 Å². The summed E-state index contributed by atoms with van der Waals surface area (Å²) in [5.74, 6) is 1.65. The van der Waals surface area contributed by atoms with Crippen molar-refractivity contribution in [3.63, 3.8) is 0 Å². The standard InChI is InChI=1S/C16H22BrNO2/c1-19-14-9-11(10-16(18)6-7-16)8-13(17)15(14)20-12-4-2-3-5-12/h8-9,12H,2-7,10,18H2,1H3. The molecule has 2 fully saturated rings. The molecule has 2 N–H and O–H groups in total. The number of methoxy groups -OCH3 is 1. The Kier molecular flexibility index (Phi) is 3.95. The van der Waals surface area contributed by atoms with E-state index in [1.165, 1.54) is 18.4 Å². The van der Waals surface area contributed by atoms with Gasteiger partial charge < -0.3 is 15.2 Å². The van der Waals surface area contributed by atoms with Crippen LogP contribution in [0.1, 0.15) is 44.1 Å². The fraction of sp³-hybridized carbons (Fsp3) is 0.625. The molecular weight excluding hydrogens is 318 g/mol. The molecule has 3 rings (SSSR count). The summed E-state index contributed by atoms with van der Waals surface area (Å²) in [5, 5.41) is 0. The molecule has 2 saturated carbocycles. The maximum Gasteiger partial charge on any atom is 0.175 e. The number of ether oxygens (including phenoxy) is 2. The second kappa shape index (κ2) is 5.57. The van der Waals surface area contributed by atoms with Crippen LogP contribution >= 0.6 is 15.9 Å². The molecule has 4 heteroatoms. The highest BCUT2D eigenvalue weighted by atomic mass is 79.9. The van der Waals surface area contributed by atoms with E-state index in [0.29, 0.717) is 6.10 Å². The zero-order valence-electron chi connectivity index (χ0n) is 12.0. The molecule has 0 heterocycles. The zero-order valence-corrected chi connectivity index (χ0v) is 13.5. The fourth-order valence-corrected chi connectivity index (χ4v) is 3.49. The Morgan fingerprint density at radius 1 is 1.30 bits per heavy atom. The van der Waals surface area contributed by atoms with Gasteiger partial charge in [0.15, 0.2) is 11.5 Å². The average Bonchev–Trinajstić information content (AvgIpc) is 2.91. The summed E-state index contributed by atoms with van der Waals surface area (Å²) < 4.78 is 12.6. The SMILES string of the molecule is COc1cc(CC2(N)CC2)cc(Br)c1OC1CCCC1. The lowest BCUT2D eigenvalue weighted by Crippen LogP contribution is -2.24. The Bertz CT molecular complexity index is 493. The van der Waals surface area contributed by atoms with Crippen molar-refractivity contribution in [2.45, 2.75) is 56.6 Å². The van der Waals surface area contributed by atoms with Crippen molar-refractivity contribution in [1.29, 1.82) is 0 Å². The third-order valence-corrected chi connectivity index (χ3v) is 4.91. The van der Waals surface area contributed by atoms with Crippen LogP contribution in [0.3, 0.4) is 0 Å². The third-order valence-electron chi connectivity index (χ3n) is 4.32. The number of nitrogens with two attached hydrogens (primary N) is 1. The number of benzene rings is 1. The second-order valence-corrected chi connectivity index (χ2v) is 7.03. The fourth-order valence-electron chi connectivity index (χ4n) is 2.91. The Labute approximate surface area is 129 Å². The summed E-state index contributed by atoms with van der Waals surface area (Å²) in [7, 11) is 1.70. The molecule has 0 unspecified atom stereocenters. The molecule has 0 aromatic heterocycles. The van der Waals surface area contributed by atoms with Crippen LogP contribution in [0.25, 0.3) is 0 Å². The van der Waals surface area contributed by atoms with E-state index < -0.39 is 0 Å². The van der Waals surface area contributed by atoms with Gasteiger partial charge in [-0.25, -0.2) is 0 Å². The maximum atomic E-state index is 6.20. The highest BCUT2D eigenvalue weighted by Crippen LogP contribution is 2.42. The van der Waals surface area contributed by atoms with Crippen LogP contribution in [0.2, 0.25) is 0 Å². The van der Waals surface area contributed by atoms with Gasteiger partial charge in [0.2, 0.25) is 0 Å². The Balaban J connectivity index is 1.81. The first-order valence-electron chi connectivity index (χ1n) is 7.42. The highest BCUT2D eigenvalue weighted by Gasteiger charge is 2.38. The van der Waals surface area contributed by atoms with Crippen molar-refractivity contribution < 1.29 is 9.47 Å². The predicted octanol–water partition coefficient (Wildman–Crippen LogP) is 3.81. The predicted molar refractivity (Wildman–Crippen MR) is 83.4 cm³/mol. The highest BCUT2D eigenvalue weighted by molar-refractivity contribution is 9.10. The van der Waals surface area contributed by atoms with Gasteiger partial charge in [0.05, 0.1) is 17.7 Å². The average molecular weight is 340 g/mol. The summed E-state index contributed by atoms with van der Waals surface area (Å²) in [4.78, 5) is 0. The molecule has 0 atom stereocenters. The molecule has 0 radical (unpaired) electrons. The van der Waals surface area contributed by atoms with Gasteiger partial charge in [0.25, 0.3) is 0 Å². The molecule has 1 aromatic rings. The molecule has 0 saturated heterocycles. The summed E-state index contributed by atoms with van der Waals surface area (Å²) in [6.45, 7) is 0. The van der Waals surface area contributed by atoms with E-state index in [1.807, 2.05) is 0 Å². The number of rotatable bonds is 5. The van der Waals surface area contributed by atoms with Crippen LogP contribution in [0.15, 0.2) is 16.6 Å². The minimum atomic E-state index is 0.0122. The Morgan fingerprint density at radius 2 is 2.00 bits per heavy atom. The number of hydrogen-bond donors (Lipinski definition) is 1. The van der Waals surface area contributed by atoms with Gasteiger partial charge in [0, 0.05) is 5.54 Å². The molecule has 1 aromatic carbocycles. The molecule has 110 valence electrons. The lowest BCUT2D eigenvalue weighted by atomic mass is 10.0. The van der Waals surface area contributed by atoms with Crippen molar-refractivity contribution in [1.82, 2.24) is 0 Å². The van der Waals surface area contributed by atoms with Crippen LogP contribution in [-0.4, -0.2) is 18.8 Å². The molecule has 0 spiro atoms. The molecular formula is C16H22BrNO2. The van der Waals surface area contributed by atoms with Crippen LogP contribution in [0.5, 0.6) is 11.5 Å². The number of halogens is 1. The third kappa shape index (κ3) is 3.12. The molecule has 20 heavy (non-hydrogen) atoms. The van der Waals surface area contributed by atoms with Gasteiger partial charge in [0.1, 0.15) is 0 Å². The first-order chi connectivity index (χ1) is 9.59. The first-order valence-corrected chi connectivity index (χ1v) is 8.21. The van der Waals surface area contributed by atoms with Crippen molar-refractivity contribution in [3.05, 3.63) is 22.2 Å². The molecule has 0 aliphatic heterocycles. The van der Waals surface area contributed by atoms with E-state index in [0.717, 1.165) is 48.1 Å². The van der Waals surface area contributed by atoms with Crippen LogP contribution < -0.4 is 15.2 Å². The Morgan fingerprint density at radius 3 is 2.60 bits per heavy atom. The zero-order chi connectivity index (χ0) is 14.2. The largest absolute Gasteiger partial charge is 0.493 e. The van der Waals surface area contributed by atoms with Crippen molar-refractivity contribution in [3.8, 4) is 11.5 Å². The minimum Gasteiger partial charge on any atom is -0.493 e. The lowest BCUT2D eigenvalue weighted by Gasteiger charge is -2.19. The van der Waals surface area contributed by atoms with Gasteiger partial charge in [-0.05, 0) is 78.6 Å². The Hall–Kier alpha value is -0.740. The van der Waals surface area contributed by atoms with Gasteiger partial charge in [-0.3, -0.25) is 0 Å². The minimum absolute atomic E-state index is 0.0122. The molecule has 3 nitrogen and oxygen atoms in total. The topological polar surface area (TPSA) is 44.5 Å². The van der Waals surface area contributed by atoms with Crippen molar-refractivity contribution in [2.75, 3.05) is 7.11 Å². The molecule has 0 bridgehead atoms. The first kappa shape index (κ1) is 14.2. The van der Waals surface area contributed by atoms with E-state index >= 15 is 0 Å². The van der Waals surface area contributed by atoms with Crippen LogP contribution in [-0.2, 0) is 6.42 Å². The summed E-state index contributed by atoms with van der Waals surface area (Å²) in [5.41, 5.74) is 7.43. The summed E-state index contributed by atoms with van der Waals surface area (Å²) in [6, 6.07) is 4.20. The van der Waals surface area contributed by atoms with Gasteiger partial charge >= 0.3 is 0 Å². The summed E-state index contributed by atoms with van der Waals surface area (Å²) >= 11 is 3.63. The molecule has 0 amide bonds. The van der Waals surface area contributed by atoms with Crippen LogP contribution in [0, 0.1) is 0 Å². The van der Waals surface area contributed by atoms with Crippen molar-refractivity contribution in [2.24, 2.45) is 5.73 Å². The van der Waals surface area contributed by atoms with E-state index in [-0.39, 0.29) is 5.54 Å². The quantitative estimate of drug-likeness (QED) is 0.886. The van der Waals surface area contributed by atoms with Crippen molar-refractivity contribution >= 4 is 15.9 Å².